The first kappa shape index (κ1) is 14.6. The van der Waals surface area contributed by atoms with Gasteiger partial charge in [0.05, 0.1) is 18.6 Å². The van der Waals surface area contributed by atoms with Crippen molar-refractivity contribution in [3.05, 3.63) is 47.8 Å². The molecule has 3 rings (SSSR count). The van der Waals surface area contributed by atoms with Crippen molar-refractivity contribution in [1.82, 2.24) is 15.3 Å². The Labute approximate surface area is 127 Å². The van der Waals surface area contributed by atoms with Gasteiger partial charge in [-0.25, -0.2) is 9.37 Å². The fourth-order valence-corrected chi connectivity index (χ4v) is 2.64. The number of hydrogen-bond acceptors (Lipinski definition) is 3. The molecule has 1 aromatic heterocycles. The van der Waals surface area contributed by atoms with E-state index in [2.05, 4.69) is 15.3 Å². The van der Waals surface area contributed by atoms with Gasteiger partial charge < -0.3 is 15.0 Å². The summed E-state index contributed by atoms with van der Waals surface area (Å²) in [5.41, 5.74) is 2.14. The Hall–Kier alpha value is -2.37. The number of aryl methyl sites for hydroxylation is 1. The summed E-state index contributed by atoms with van der Waals surface area (Å²) in [6, 6.07) is 5.83. The van der Waals surface area contributed by atoms with Crippen molar-refractivity contribution in [2.75, 3.05) is 13.2 Å². The molecule has 0 saturated carbocycles. The summed E-state index contributed by atoms with van der Waals surface area (Å²) < 4.78 is 18.2. The lowest BCUT2D eigenvalue weighted by molar-refractivity contribution is -0.125. The number of aromatic amines is 1. The van der Waals surface area contributed by atoms with Crippen molar-refractivity contribution in [2.24, 2.45) is 5.92 Å². The lowest BCUT2D eigenvalue weighted by atomic mass is 9.89. The van der Waals surface area contributed by atoms with E-state index in [1.807, 2.05) is 0 Å². The van der Waals surface area contributed by atoms with Gasteiger partial charge in [0.15, 0.2) is 0 Å². The number of rotatable bonds is 5. The van der Waals surface area contributed by atoms with Gasteiger partial charge in [-0.1, -0.05) is 0 Å². The van der Waals surface area contributed by atoms with Crippen molar-refractivity contribution >= 4 is 5.91 Å². The van der Waals surface area contributed by atoms with Crippen LogP contribution >= 0.6 is 0 Å². The number of imidazole rings is 1. The van der Waals surface area contributed by atoms with E-state index in [9.17, 15) is 9.18 Å². The number of H-pyrrole nitrogens is 1. The van der Waals surface area contributed by atoms with Crippen molar-refractivity contribution in [1.29, 1.82) is 0 Å². The van der Waals surface area contributed by atoms with Gasteiger partial charge >= 0.3 is 0 Å². The van der Waals surface area contributed by atoms with E-state index in [0.29, 0.717) is 25.3 Å². The molecule has 1 atom stereocenters. The number of aromatic nitrogens is 2. The lowest BCUT2D eigenvalue weighted by Gasteiger charge is -2.20. The van der Waals surface area contributed by atoms with E-state index in [1.54, 1.807) is 18.5 Å². The fourth-order valence-electron chi connectivity index (χ4n) is 2.64. The van der Waals surface area contributed by atoms with Gasteiger partial charge in [0.1, 0.15) is 18.2 Å². The Bertz CT molecular complexity index is 639. The molecular weight excluding hydrogens is 285 g/mol. The van der Waals surface area contributed by atoms with Gasteiger partial charge in [0.25, 0.3) is 0 Å². The first-order valence-electron chi connectivity index (χ1n) is 7.39. The highest BCUT2D eigenvalue weighted by molar-refractivity contribution is 5.79. The van der Waals surface area contributed by atoms with Crippen LogP contribution in [0.4, 0.5) is 4.39 Å². The molecule has 0 saturated heterocycles. The second kappa shape index (κ2) is 6.60. The molecule has 0 bridgehead atoms. The van der Waals surface area contributed by atoms with E-state index in [0.717, 1.165) is 24.2 Å². The van der Waals surface area contributed by atoms with Crippen molar-refractivity contribution in [2.45, 2.75) is 19.3 Å². The number of carbonyl (C=O) groups is 1. The summed E-state index contributed by atoms with van der Waals surface area (Å²) in [6.45, 7) is 0.794. The predicted molar refractivity (Wildman–Crippen MR) is 79.0 cm³/mol. The number of ether oxygens (including phenoxy) is 1. The highest BCUT2D eigenvalue weighted by Crippen LogP contribution is 2.22. The summed E-state index contributed by atoms with van der Waals surface area (Å²) in [4.78, 5) is 19.5. The van der Waals surface area contributed by atoms with E-state index < -0.39 is 0 Å². The van der Waals surface area contributed by atoms with Gasteiger partial charge in [0, 0.05) is 18.0 Å². The van der Waals surface area contributed by atoms with Crippen LogP contribution in [-0.2, 0) is 17.6 Å². The number of fused-ring (bicyclic) bond motifs is 1. The first-order chi connectivity index (χ1) is 10.7. The molecule has 2 N–H and O–H groups in total. The molecule has 2 aromatic rings. The quantitative estimate of drug-likeness (QED) is 0.828. The smallest absolute Gasteiger partial charge is 0.223 e. The van der Waals surface area contributed by atoms with Crippen LogP contribution in [0.15, 0.2) is 30.6 Å². The Morgan fingerprint density at radius 3 is 3.05 bits per heavy atom. The Morgan fingerprint density at radius 2 is 2.23 bits per heavy atom. The maximum Gasteiger partial charge on any atom is 0.223 e. The molecule has 1 aromatic carbocycles. The number of carbonyl (C=O) groups excluding carboxylic acids is 1. The molecule has 1 aliphatic rings. The van der Waals surface area contributed by atoms with Gasteiger partial charge in [0.2, 0.25) is 5.91 Å². The van der Waals surface area contributed by atoms with Gasteiger partial charge in [-0.3, -0.25) is 4.79 Å². The normalized spacial score (nSPS) is 16.9. The van der Waals surface area contributed by atoms with Crippen LogP contribution in [0.5, 0.6) is 5.75 Å². The standard InChI is InChI=1S/C16H18FN3O2/c17-12-2-4-13(5-3-12)22-8-7-18-16(21)11-1-6-14-15(9-11)20-10-19-14/h2-5,10-11H,1,6-9H2,(H,18,21)(H,19,20)/t11-/m0/s1. The van der Waals surface area contributed by atoms with Gasteiger partial charge in [-0.05, 0) is 37.1 Å². The van der Waals surface area contributed by atoms with Gasteiger partial charge in [-0.15, -0.1) is 0 Å². The van der Waals surface area contributed by atoms with Crippen molar-refractivity contribution < 1.29 is 13.9 Å². The molecule has 1 aliphatic carbocycles. The minimum atomic E-state index is -0.295. The molecule has 6 heteroatoms. The molecule has 1 heterocycles. The zero-order valence-electron chi connectivity index (χ0n) is 12.1. The highest BCUT2D eigenvalue weighted by atomic mass is 19.1. The van der Waals surface area contributed by atoms with E-state index in [-0.39, 0.29) is 17.6 Å². The lowest BCUT2D eigenvalue weighted by Crippen LogP contribution is -2.36. The zero-order chi connectivity index (χ0) is 15.4. The zero-order valence-corrected chi connectivity index (χ0v) is 12.1. The summed E-state index contributed by atoms with van der Waals surface area (Å²) >= 11 is 0. The van der Waals surface area contributed by atoms with Crippen LogP contribution in [0.1, 0.15) is 17.8 Å². The molecule has 22 heavy (non-hydrogen) atoms. The maximum absolute atomic E-state index is 12.7. The van der Waals surface area contributed by atoms with Crippen LogP contribution < -0.4 is 10.1 Å². The topological polar surface area (TPSA) is 67.0 Å². The van der Waals surface area contributed by atoms with Crippen LogP contribution in [0.2, 0.25) is 0 Å². The minimum Gasteiger partial charge on any atom is -0.492 e. The molecular formula is C16H18FN3O2. The number of hydrogen-bond donors (Lipinski definition) is 2. The third kappa shape index (κ3) is 3.44. The second-order valence-corrected chi connectivity index (χ2v) is 5.36. The molecule has 5 nitrogen and oxygen atoms in total. The SMILES string of the molecule is O=C(NCCOc1ccc(F)cc1)[C@H]1CCc2nc[nH]c2C1. The van der Waals surface area contributed by atoms with E-state index in [1.165, 1.54) is 12.1 Å². The predicted octanol–water partition coefficient (Wildman–Crippen LogP) is 1.85. The van der Waals surface area contributed by atoms with Crippen LogP contribution in [-0.4, -0.2) is 29.0 Å². The third-order valence-electron chi connectivity index (χ3n) is 3.84. The Balaban J connectivity index is 1.40. The third-order valence-corrected chi connectivity index (χ3v) is 3.84. The number of benzene rings is 1. The minimum absolute atomic E-state index is 0.0150. The molecule has 0 spiro atoms. The molecule has 116 valence electrons. The average molecular weight is 303 g/mol. The van der Waals surface area contributed by atoms with E-state index in [4.69, 9.17) is 4.74 Å². The largest absolute Gasteiger partial charge is 0.492 e. The average Bonchev–Trinajstić information content (AvgIpc) is 3.00. The highest BCUT2D eigenvalue weighted by Gasteiger charge is 2.25. The Morgan fingerprint density at radius 1 is 1.41 bits per heavy atom. The first-order valence-corrected chi connectivity index (χ1v) is 7.39. The van der Waals surface area contributed by atoms with Crippen molar-refractivity contribution in [3.8, 4) is 5.75 Å². The summed E-state index contributed by atoms with van der Waals surface area (Å²) in [7, 11) is 0. The van der Waals surface area contributed by atoms with Crippen LogP contribution in [0.3, 0.4) is 0 Å². The Kier molecular flexibility index (Phi) is 4.37. The summed E-state index contributed by atoms with van der Waals surface area (Å²) in [6.07, 6.45) is 4.05. The number of nitrogens with zero attached hydrogens (tertiary/aromatic N) is 1. The number of amides is 1. The molecule has 0 fully saturated rings. The second-order valence-electron chi connectivity index (χ2n) is 5.36. The van der Waals surface area contributed by atoms with Crippen LogP contribution in [0.25, 0.3) is 0 Å². The summed E-state index contributed by atoms with van der Waals surface area (Å²) in [5, 5.41) is 2.88. The monoisotopic (exact) mass is 303 g/mol. The van der Waals surface area contributed by atoms with Crippen molar-refractivity contribution in [3.63, 3.8) is 0 Å². The molecule has 0 radical (unpaired) electrons. The van der Waals surface area contributed by atoms with E-state index >= 15 is 0 Å². The number of nitrogens with one attached hydrogen (secondary N) is 2. The summed E-state index contributed by atoms with van der Waals surface area (Å²) in [5.74, 6) is 0.327. The molecule has 0 aliphatic heterocycles. The molecule has 0 unspecified atom stereocenters. The van der Waals surface area contributed by atoms with Gasteiger partial charge in [-0.2, -0.15) is 0 Å². The van der Waals surface area contributed by atoms with Crippen LogP contribution in [0, 0.1) is 11.7 Å². The maximum atomic E-state index is 12.7. The fraction of sp³-hybridized carbons (Fsp3) is 0.375. The number of halogens is 1. The molecule has 1 amide bonds.